The molecule has 0 amide bonds. The smallest absolute Gasteiger partial charge is 0.0994 e. The molecule has 0 bridgehead atoms. The molecule has 1 saturated heterocycles. The summed E-state index contributed by atoms with van der Waals surface area (Å²) in [5.41, 5.74) is 3.39. The van der Waals surface area contributed by atoms with Crippen LogP contribution in [0.25, 0.3) is 0 Å². The van der Waals surface area contributed by atoms with Gasteiger partial charge < -0.3 is 14.9 Å². The maximum absolute atomic E-state index is 11.5. The van der Waals surface area contributed by atoms with Gasteiger partial charge in [0.15, 0.2) is 0 Å². The normalized spacial score (nSPS) is 22.1. The van der Waals surface area contributed by atoms with E-state index >= 15 is 0 Å². The van der Waals surface area contributed by atoms with E-state index in [2.05, 4.69) is 6.07 Å². The summed E-state index contributed by atoms with van der Waals surface area (Å²) in [5.74, 6) is 0. The highest BCUT2D eigenvalue weighted by Crippen LogP contribution is 2.32. The van der Waals surface area contributed by atoms with Gasteiger partial charge in [0.2, 0.25) is 0 Å². The molecule has 4 unspecified atom stereocenters. The quantitative estimate of drug-likeness (QED) is 0.780. The molecule has 0 aliphatic carbocycles. The van der Waals surface area contributed by atoms with Crippen molar-refractivity contribution in [3.05, 3.63) is 64.7 Å². The summed E-state index contributed by atoms with van der Waals surface area (Å²) in [6, 6.07) is 15.3. The van der Waals surface area contributed by atoms with Gasteiger partial charge in [-0.25, -0.2) is 0 Å². The van der Waals surface area contributed by atoms with E-state index in [9.17, 15) is 19.7 Å². The largest absolute Gasteiger partial charge is 0.394 e. The summed E-state index contributed by atoms with van der Waals surface area (Å²) in [7, 11) is -1.02. The number of rotatable bonds is 5. The third-order valence-corrected chi connectivity index (χ3v) is 5.79. The molecule has 1 aliphatic heterocycles. The van der Waals surface area contributed by atoms with Crippen molar-refractivity contribution >= 4 is 10.8 Å². The number of hydrogen-bond acceptors (Lipinski definition) is 5. The van der Waals surface area contributed by atoms with Crippen LogP contribution in [0.5, 0.6) is 0 Å². The lowest BCUT2D eigenvalue weighted by Crippen LogP contribution is -2.33. The van der Waals surface area contributed by atoms with Gasteiger partial charge >= 0.3 is 0 Å². The van der Waals surface area contributed by atoms with E-state index in [0.717, 1.165) is 21.6 Å². The minimum atomic E-state index is -1.02. The van der Waals surface area contributed by atoms with E-state index in [1.165, 1.54) is 0 Å². The van der Waals surface area contributed by atoms with Gasteiger partial charge in [-0.15, -0.1) is 0 Å². The molecule has 0 aromatic heterocycles. The van der Waals surface area contributed by atoms with Crippen LogP contribution < -0.4 is 0 Å². The molecular formula is C23H29NO4S. The summed E-state index contributed by atoms with van der Waals surface area (Å²) in [6.07, 6.45) is 1.93. The molecule has 0 radical (unpaired) electrons. The van der Waals surface area contributed by atoms with Crippen LogP contribution in [0.1, 0.15) is 55.0 Å². The fourth-order valence-electron chi connectivity index (χ4n) is 3.41. The number of nitrogens with zero attached hydrogens (tertiary/aromatic N) is 1. The molecule has 29 heavy (non-hydrogen) atoms. The molecule has 2 aromatic carbocycles. The summed E-state index contributed by atoms with van der Waals surface area (Å²) in [6.45, 7) is 3.88. The summed E-state index contributed by atoms with van der Waals surface area (Å²) >= 11 is 0. The third kappa shape index (κ3) is 6.22. The molecule has 1 aliphatic rings. The van der Waals surface area contributed by atoms with Gasteiger partial charge in [0.1, 0.15) is 0 Å². The zero-order valence-electron chi connectivity index (χ0n) is 17.2. The summed E-state index contributed by atoms with van der Waals surface area (Å²) < 4.78 is 17.4. The van der Waals surface area contributed by atoms with Gasteiger partial charge in [-0.2, -0.15) is 5.26 Å². The Kier molecular flexibility index (Phi) is 8.99. The molecule has 3 rings (SSSR count). The number of aliphatic hydroxyl groups is 2. The topological polar surface area (TPSA) is 90.6 Å². The van der Waals surface area contributed by atoms with Crippen molar-refractivity contribution in [1.29, 1.82) is 5.26 Å². The van der Waals surface area contributed by atoms with E-state index < -0.39 is 16.9 Å². The average Bonchev–Trinajstić information content (AvgIpc) is 2.75. The minimum Gasteiger partial charge on any atom is -0.394 e. The standard InChI is InChI=1S/C21H23NO4S.C2H6/c1-27(25)20-6-2-14(3-7-20)8-17-9-15(4-5-16(17)12-22)21-11-18(24)10-19(13-23)26-21;1-2/h2-7,9,18-19,21,23-24H,8,10-11,13H2,1H3;1-2H3. The SMILES string of the molecule is CC.CS(=O)c1ccc(Cc2cc(C3CC(O)CC(CO)O3)ccc2C#N)cc1. The van der Waals surface area contributed by atoms with Gasteiger partial charge in [0.05, 0.1) is 36.6 Å². The second-order valence-corrected chi connectivity index (χ2v) is 8.24. The number of hydrogen-bond donors (Lipinski definition) is 2. The second kappa shape index (κ2) is 11.2. The predicted octanol–water partition coefficient (Wildman–Crippen LogP) is 3.49. The fourth-order valence-corrected chi connectivity index (χ4v) is 3.93. The number of aliphatic hydroxyl groups excluding tert-OH is 2. The fraction of sp³-hybridized carbons (Fsp3) is 0.435. The first-order valence-electron chi connectivity index (χ1n) is 9.89. The summed E-state index contributed by atoms with van der Waals surface area (Å²) in [4.78, 5) is 0.771. The Hall–Kier alpha value is -2.04. The molecule has 1 fully saturated rings. The molecule has 6 heteroatoms. The maximum atomic E-state index is 11.5. The van der Waals surface area contributed by atoms with Crippen molar-refractivity contribution in [2.75, 3.05) is 12.9 Å². The molecule has 1 heterocycles. The zero-order chi connectivity index (χ0) is 21.4. The van der Waals surface area contributed by atoms with Crippen molar-refractivity contribution in [1.82, 2.24) is 0 Å². The Morgan fingerprint density at radius 2 is 1.86 bits per heavy atom. The van der Waals surface area contributed by atoms with Crippen LogP contribution in [0.3, 0.4) is 0 Å². The molecule has 4 atom stereocenters. The lowest BCUT2D eigenvalue weighted by atomic mass is 9.92. The highest BCUT2D eigenvalue weighted by atomic mass is 32.2. The van der Waals surface area contributed by atoms with Crippen LogP contribution >= 0.6 is 0 Å². The Bertz CT molecular complexity index is 860. The van der Waals surface area contributed by atoms with Crippen LogP contribution in [0, 0.1) is 11.3 Å². The molecule has 2 N–H and O–H groups in total. The molecule has 0 spiro atoms. The first-order valence-corrected chi connectivity index (χ1v) is 11.5. The first kappa shape index (κ1) is 23.2. The van der Waals surface area contributed by atoms with Gasteiger partial charge in [-0.3, -0.25) is 4.21 Å². The predicted molar refractivity (Wildman–Crippen MR) is 114 cm³/mol. The number of ether oxygens (including phenoxy) is 1. The maximum Gasteiger partial charge on any atom is 0.0994 e. The Morgan fingerprint density at radius 1 is 1.17 bits per heavy atom. The van der Waals surface area contributed by atoms with Crippen molar-refractivity contribution in [2.45, 2.75) is 56.3 Å². The Labute approximate surface area is 175 Å². The van der Waals surface area contributed by atoms with Gasteiger partial charge in [0.25, 0.3) is 0 Å². The van der Waals surface area contributed by atoms with E-state index in [1.54, 1.807) is 12.3 Å². The number of benzene rings is 2. The lowest BCUT2D eigenvalue weighted by Gasteiger charge is -2.32. The lowest BCUT2D eigenvalue weighted by molar-refractivity contribution is -0.113. The molecule has 2 aromatic rings. The Balaban J connectivity index is 0.00000145. The molecule has 0 saturated carbocycles. The Morgan fingerprint density at radius 3 is 2.45 bits per heavy atom. The highest BCUT2D eigenvalue weighted by Gasteiger charge is 2.29. The van der Waals surface area contributed by atoms with Gasteiger partial charge in [0, 0.05) is 34.8 Å². The first-order chi connectivity index (χ1) is 14.0. The van der Waals surface area contributed by atoms with Crippen LogP contribution in [-0.4, -0.2) is 39.5 Å². The van der Waals surface area contributed by atoms with Crippen molar-refractivity contribution in [3.63, 3.8) is 0 Å². The summed E-state index contributed by atoms with van der Waals surface area (Å²) in [5, 5.41) is 28.9. The minimum absolute atomic E-state index is 0.123. The van der Waals surface area contributed by atoms with Crippen LogP contribution in [-0.2, 0) is 22.0 Å². The van der Waals surface area contributed by atoms with Crippen molar-refractivity contribution in [3.8, 4) is 6.07 Å². The molecule has 5 nitrogen and oxygen atoms in total. The van der Waals surface area contributed by atoms with Crippen LogP contribution in [0.2, 0.25) is 0 Å². The second-order valence-electron chi connectivity index (χ2n) is 6.86. The van der Waals surface area contributed by atoms with Crippen molar-refractivity contribution in [2.24, 2.45) is 0 Å². The third-order valence-electron chi connectivity index (χ3n) is 4.85. The van der Waals surface area contributed by atoms with E-state index in [0.29, 0.717) is 24.8 Å². The highest BCUT2D eigenvalue weighted by molar-refractivity contribution is 7.84. The average molecular weight is 416 g/mol. The van der Waals surface area contributed by atoms with Crippen LogP contribution in [0.15, 0.2) is 47.4 Å². The monoisotopic (exact) mass is 415 g/mol. The van der Waals surface area contributed by atoms with E-state index in [1.807, 2.05) is 50.2 Å². The van der Waals surface area contributed by atoms with Crippen molar-refractivity contribution < 1.29 is 19.2 Å². The molecule has 156 valence electrons. The van der Waals surface area contributed by atoms with Gasteiger partial charge in [-0.1, -0.05) is 38.1 Å². The molecular weight excluding hydrogens is 386 g/mol. The van der Waals surface area contributed by atoms with Gasteiger partial charge in [-0.05, 0) is 41.3 Å². The number of nitriles is 1. The zero-order valence-corrected chi connectivity index (χ0v) is 18.0. The van der Waals surface area contributed by atoms with Crippen LogP contribution in [0.4, 0.5) is 0 Å². The van der Waals surface area contributed by atoms with E-state index in [-0.39, 0.29) is 18.8 Å². The van der Waals surface area contributed by atoms with E-state index in [4.69, 9.17) is 4.74 Å².